The number of fused-ring (bicyclic) bond motifs is 1. The number of hydrogen-bond donors (Lipinski definition) is 0. The first kappa shape index (κ1) is 14.4. The predicted octanol–water partition coefficient (Wildman–Crippen LogP) is 4.76. The molecule has 0 heterocycles. The van der Waals surface area contributed by atoms with Crippen LogP contribution in [-0.4, -0.2) is 0 Å². The van der Waals surface area contributed by atoms with Crippen molar-refractivity contribution in [2.24, 2.45) is 5.92 Å². The Bertz CT molecular complexity index is 394. The van der Waals surface area contributed by atoms with Gasteiger partial charge in [-0.1, -0.05) is 89.4 Å². The molecule has 0 N–H and O–H groups in total. The smallest absolute Gasteiger partial charge is 0.0619 e. The molecule has 1 aromatic carbocycles. The van der Waals surface area contributed by atoms with E-state index in [1.165, 1.54) is 16.7 Å². The van der Waals surface area contributed by atoms with Gasteiger partial charge in [-0.3, -0.25) is 0 Å². The number of hydrogen-bond acceptors (Lipinski definition) is 0. The topological polar surface area (TPSA) is 0 Å². The molecule has 1 aliphatic carbocycles. The van der Waals surface area contributed by atoms with Gasteiger partial charge in [0, 0.05) is 25.8 Å². The molecular weight excluding hydrogens is 576 g/mol. The van der Waals surface area contributed by atoms with Crippen LogP contribution in [0.25, 0.3) is 6.08 Å². The van der Waals surface area contributed by atoms with Gasteiger partial charge in [-0.05, 0) is 22.6 Å². The van der Waals surface area contributed by atoms with E-state index < -0.39 is 0 Å². The van der Waals surface area contributed by atoms with E-state index in [1.54, 1.807) is 0 Å². The summed E-state index contributed by atoms with van der Waals surface area (Å²) >= 11 is 5.11. The molecule has 0 radical (unpaired) electrons. The van der Waals surface area contributed by atoms with Gasteiger partial charge < -0.3 is 0 Å². The molecule has 0 bridgehead atoms. The van der Waals surface area contributed by atoms with Crippen molar-refractivity contribution in [3.8, 4) is 0 Å². The van der Waals surface area contributed by atoms with Gasteiger partial charge in [0.2, 0.25) is 0 Å². The van der Waals surface area contributed by atoms with Gasteiger partial charge in [0.15, 0.2) is 0 Å². The summed E-state index contributed by atoms with van der Waals surface area (Å²) in [6, 6.07) is 8.68. The minimum Gasteiger partial charge on any atom is -0.0619 e. The number of rotatable bonds is 1. The summed E-state index contributed by atoms with van der Waals surface area (Å²) in [7, 11) is 0. The van der Waals surface area contributed by atoms with Crippen molar-refractivity contribution < 1.29 is 25.8 Å². The molecule has 0 atom stereocenters. The van der Waals surface area contributed by atoms with E-state index in [-0.39, 0.29) is 27.3 Å². The van der Waals surface area contributed by atoms with E-state index in [4.69, 9.17) is 0 Å². The molecule has 2 rings (SSSR count). The standard InChI is InChI=1S/C12H12I2.Hf/c1-8(2)11-7-9-5-3-4-6-10(9)12(11,13)14;/h3-8H,1-2H3;. The van der Waals surface area contributed by atoms with Gasteiger partial charge in [-0.2, -0.15) is 0 Å². The molecule has 0 spiro atoms. The van der Waals surface area contributed by atoms with Crippen LogP contribution in [0.4, 0.5) is 0 Å². The van der Waals surface area contributed by atoms with E-state index in [9.17, 15) is 0 Å². The summed E-state index contributed by atoms with van der Waals surface area (Å²) < 4.78 is 0.167. The van der Waals surface area contributed by atoms with Gasteiger partial charge in [-0.25, -0.2) is 0 Å². The molecule has 0 unspecified atom stereocenters. The summed E-state index contributed by atoms with van der Waals surface area (Å²) in [4.78, 5) is 0. The Hall–Kier alpha value is 1.29. The molecule has 0 amide bonds. The second kappa shape index (κ2) is 5.29. The van der Waals surface area contributed by atoms with Crippen molar-refractivity contribution in [1.82, 2.24) is 0 Å². The Kier molecular flexibility index (Phi) is 5.06. The van der Waals surface area contributed by atoms with Crippen LogP contribution >= 0.6 is 45.2 Å². The maximum absolute atomic E-state index is 2.55. The zero-order chi connectivity index (χ0) is 10.3. The molecular formula is C12H12HfI2. The molecule has 1 aliphatic rings. The average Bonchev–Trinajstić information content (AvgIpc) is 2.39. The first-order valence-electron chi connectivity index (χ1n) is 4.73. The second-order valence-corrected chi connectivity index (χ2v) is 9.22. The van der Waals surface area contributed by atoms with Crippen LogP contribution in [-0.2, 0) is 27.3 Å². The average molecular weight is 589 g/mol. The van der Waals surface area contributed by atoms with Crippen LogP contribution < -0.4 is 0 Å². The molecule has 15 heavy (non-hydrogen) atoms. The summed E-state index contributed by atoms with van der Waals surface area (Å²) in [5.74, 6) is 0.621. The normalized spacial score (nSPS) is 17.0. The van der Waals surface area contributed by atoms with E-state index >= 15 is 0 Å². The van der Waals surface area contributed by atoms with Crippen molar-refractivity contribution in [1.29, 1.82) is 0 Å². The maximum Gasteiger partial charge on any atom is 0.120 e. The first-order chi connectivity index (χ1) is 6.53. The van der Waals surface area contributed by atoms with Gasteiger partial charge in [0.25, 0.3) is 0 Å². The van der Waals surface area contributed by atoms with Gasteiger partial charge in [0.05, 0.1) is 0 Å². The Labute approximate surface area is 137 Å². The third kappa shape index (κ3) is 2.59. The van der Waals surface area contributed by atoms with Crippen molar-refractivity contribution in [2.45, 2.75) is 15.3 Å². The quantitative estimate of drug-likeness (QED) is 0.252. The van der Waals surface area contributed by atoms with Crippen molar-refractivity contribution >= 4 is 51.3 Å². The Balaban J connectivity index is 0.00000112. The zero-order valence-corrected chi connectivity index (χ0v) is 16.6. The third-order valence-corrected chi connectivity index (χ3v) is 5.00. The minimum absolute atomic E-state index is 0. The molecule has 1 aromatic rings. The van der Waals surface area contributed by atoms with E-state index in [0.717, 1.165) is 0 Å². The number of alkyl halides is 2. The Morgan fingerprint density at radius 2 is 1.73 bits per heavy atom. The minimum atomic E-state index is 0. The molecule has 0 aromatic heterocycles. The molecule has 3 heteroatoms. The summed E-state index contributed by atoms with van der Waals surface area (Å²) in [6.45, 7) is 4.54. The molecule has 0 nitrogen and oxygen atoms in total. The fourth-order valence-corrected chi connectivity index (χ4v) is 4.39. The zero-order valence-electron chi connectivity index (χ0n) is 8.72. The fraction of sp³-hybridized carbons (Fsp3) is 0.333. The molecule has 0 saturated heterocycles. The van der Waals surface area contributed by atoms with Crippen molar-refractivity contribution in [2.75, 3.05) is 0 Å². The van der Waals surface area contributed by atoms with E-state index in [0.29, 0.717) is 5.92 Å². The first-order valence-corrected chi connectivity index (χ1v) is 6.88. The van der Waals surface area contributed by atoms with Crippen LogP contribution in [0.3, 0.4) is 0 Å². The number of halogens is 2. The van der Waals surface area contributed by atoms with Gasteiger partial charge in [-0.15, -0.1) is 0 Å². The summed E-state index contributed by atoms with van der Waals surface area (Å²) in [6.07, 6.45) is 2.35. The predicted molar refractivity (Wildman–Crippen MR) is 79.0 cm³/mol. The molecule has 0 fully saturated rings. The van der Waals surface area contributed by atoms with Crippen LogP contribution in [0, 0.1) is 5.92 Å². The van der Waals surface area contributed by atoms with Crippen molar-refractivity contribution in [3.05, 3.63) is 41.0 Å². The van der Waals surface area contributed by atoms with Crippen LogP contribution in [0.15, 0.2) is 29.8 Å². The molecule has 78 valence electrons. The van der Waals surface area contributed by atoms with Gasteiger partial charge >= 0.3 is 0 Å². The second-order valence-electron chi connectivity index (χ2n) is 3.92. The number of allylic oxidation sites excluding steroid dienone is 1. The third-order valence-electron chi connectivity index (χ3n) is 2.59. The van der Waals surface area contributed by atoms with Crippen molar-refractivity contribution in [3.63, 3.8) is 0 Å². The summed E-state index contributed by atoms with van der Waals surface area (Å²) in [5.41, 5.74) is 4.37. The largest absolute Gasteiger partial charge is 0.120 e. The van der Waals surface area contributed by atoms with Crippen LogP contribution in [0.1, 0.15) is 25.0 Å². The maximum atomic E-state index is 2.55. The SMILES string of the molecule is CC(C)C1=Cc2ccccc2C1(I)I.[Hf]. The monoisotopic (exact) mass is 590 g/mol. The number of benzene rings is 1. The van der Waals surface area contributed by atoms with Gasteiger partial charge in [0.1, 0.15) is 1.43 Å². The van der Waals surface area contributed by atoms with E-state index in [1.807, 2.05) is 0 Å². The molecule has 0 saturated carbocycles. The Morgan fingerprint density at radius 3 is 2.27 bits per heavy atom. The fourth-order valence-electron chi connectivity index (χ4n) is 1.85. The summed E-state index contributed by atoms with van der Waals surface area (Å²) in [5, 5.41) is 0. The Morgan fingerprint density at radius 1 is 1.13 bits per heavy atom. The van der Waals surface area contributed by atoms with Crippen LogP contribution in [0.2, 0.25) is 0 Å². The van der Waals surface area contributed by atoms with E-state index in [2.05, 4.69) is 89.4 Å². The molecule has 0 aliphatic heterocycles. The van der Waals surface area contributed by atoms with Crippen LogP contribution in [0.5, 0.6) is 0 Å².